The highest BCUT2D eigenvalue weighted by Crippen LogP contribution is 2.34. The van der Waals surface area contributed by atoms with Crippen molar-refractivity contribution in [3.8, 4) is 11.4 Å². The molecule has 3 aromatic rings. The summed E-state index contributed by atoms with van der Waals surface area (Å²) in [4.78, 5) is 11.9. The van der Waals surface area contributed by atoms with Crippen LogP contribution < -0.4 is 0 Å². The maximum absolute atomic E-state index is 12.6. The van der Waals surface area contributed by atoms with Gasteiger partial charge in [0.1, 0.15) is 15.7 Å². The van der Waals surface area contributed by atoms with Crippen LogP contribution in [0.3, 0.4) is 0 Å². The molecule has 0 unspecified atom stereocenters. The van der Waals surface area contributed by atoms with Crippen LogP contribution in [0, 0.1) is 3.70 Å². The van der Waals surface area contributed by atoms with Crippen LogP contribution in [-0.4, -0.2) is 24.6 Å². The zero-order valence-corrected chi connectivity index (χ0v) is 12.8. The third-order valence-corrected chi connectivity index (χ3v) is 3.47. The Bertz CT molecular complexity index is 832. The van der Waals surface area contributed by atoms with Crippen LogP contribution in [0.5, 0.6) is 0 Å². The highest BCUT2D eigenvalue weighted by Gasteiger charge is 2.32. The summed E-state index contributed by atoms with van der Waals surface area (Å²) in [5.41, 5.74) is -0.309. The molecule has 21 heavy (non-hydrogen) atoms. The maximum Gasteiger partial charge on any atom is 0.417 e. The van der Waals surface area contributed by atoms with Crippen molar-refractivity contribution in [3.05, 3.63) is 38.9 Å². The van der Waals surface area contributed by atoms with E-state index < -0.39 is 11.7 Å². The van der Waals surface area contributed by atoms with Gasteiger partial charge < -0.3 is 0 Å². The maximum atomic E-state index is 12.6. The van der Waals surface area contributed by atoms with Crippen LogP contribution in [0.1, 0.15) is 5.56 Å². The SMILES string of the molecule is FC(F)(F)c1cnc(-c2cc(I)nc3ncnn23)c(Cl)c1. The van der Waals surface area contributed by atoms with Gasteiger partial charge in [-0.3, -0.25) is 4.98 Å². The normalized spacial score (nSPS) is 12.0. The van der Waals surface area contributed by atoms with Gasteiger partial charge in [-0.25, -0.2) is 4.98 Å². The second kappa shape index (κ2) is 5.05. The molecule has 0 saturated carbocycles. The van der Waals surface area contributed by atoms with Gasteiger partial charge in [0.05, 0.1) is 16.3 Å². The first-order chi connectivity index (χ1) is 9.86. The van der Waals surface area contributed by atoms with Crippen molar-refractivity contribution in [1.82, 2.24) is 24.6 Å². The molecule has 0 N–H and O–H groups in total. The molecule has 0 aromatic carbocycles. The molecular weight excluding hydrogens is 422 g/mol. The molecule has 0 atom stereocenters. The van der Waals surface area contributed by atoms with Gasteiger partial charge in [0.15, 0.2) is 0 Å². The van der Waals surface area contributed by atoms with E-state index in [1.54, 1.807) is 6.07 Å². The van der Waals surface area contributed by atoms with Crippen molar-refractivity contribution < 1.29 is 13.2 Å². The Morgan fingerprint density at radius 2 is 1.95 bits per heavy atom. The molecule has 3 rings (SSSR count). The lowest BCUT2D eigenvalue weighted by Gasteiger charge is -2.10. The van der Waals surface area contributed by atoms with Gasteiger partial charge in [-0.05, 0) is 34.7 Å². The lowest BCUT2D eigenvalue weighted by Crippen LogP contribution is -2.07. The van der Waals surface area contributed by atoms with E-state index in [4.69, 9.17) is 11.6 Å². The molecule has 3 aromatic heterocycles. The summed E-state index contributed by atoms with van der Waals surface area (Å²) < 4.78 is 39.9. The molecule has 0 fully saturated rings. The van der Waals surface area contributed by atoms with Gasteiger partial charge in [0.25, 0.3) is 5.78 Å². The van der Waals surface area contributed by atoms with E-state index in [0.717, 1.165) is 12.3 Å². The molecule has 0 bridgehead atoms. The second-order valence-electron chi connectivity index (χ2n) is 3.99. The Labute approximate surface area is 134 Å². The summed E-state index contributed by atoms with van der Waals surface area (Å²) in [5, 5.41) is 3.85. The monoisotopic (exact) mass is 425 g/mol. The van der Waals surface area contributed by atoms with Gasteiger partial charge in [-0.1, -0.05) is 11.6 Å². The van der Waals surface area contributed by atoms with Crippen LogP contribution >= 0.6 is 34.2 Å². The van der Waals surface area contributed by atoms with Gasteiger partial charge in [0, 0.05) is 6.20 Å². The minimum absolute atomic E-state index is 0.122. The van der Waals surface area contributed by atoms with Gasteiger partial charge in [-0.15, -0.1) is 0 Å². The third-order valence-electron chi connectivity index (χ3n) is 2.63. The average Bonchev–Trinajstić information content (AvgIpc) is 2.84. The number of halogens is 5. The second-order valence-corrected chi connectivity index (χ2v) is 5.50. The third kappa shape index (κ3) is 2.67. The number of alkyl halides is 3. The largest absolute Gasteiger partial charge is 0.417 e. The molecule has 108 valence electrons. The number of pyridine rings is 1. The first-order valence-electron chi connectivity index (χ1n) is 5.45. The molecular formula is C11H4ClF3IN5. The van der Waals surface area contributed by atoms with Crippen molar-refractivity contribution in [2.75, 3.05) is 0 Å². The van der Waals surface area contributed by atoms with E-state index in [1.165, 1.54) is 10.8 Å². The summed E-state index contributed by atoms with van der Waals surface area (Å²) in [6.45, 7) is 0. The van der Waals surface area contributed by atoms with Crippen molar-refractivity contribution in [1.29, 1.82) is 0 Å². The summed E-state index contributed by atoms with van der Waals surface area (Å²) >= 11 is 7.91. The Balaban J connectivity index is 2.21. The number of hydrogen-bond acceptors (Lipinski definition) is 4. The van der Waals surface area contributed by atoms with Gasteiger partial charge >= 0.3 is 6.18 Å². The Morgan fingerprint density at radius 3 is 2.62 bits per heavy atom. The van der Waals surface area contributed by atoms with Crippen LogP contribution in [0.2, 0.25) is 5.02 Å². The standard InChI is InChI=1S/C11H4ClF3IN5/c12-6-1-5(11(13,14)15)3-17-9(6)7-2-8(16)20-10-18-4-19-21(7)10/h1-4H. The Hall–Kier alpha value is -1.49. The number of nitrogens with zero attached hydrogens (tertiary/aromatic N) is 5. The summed E-state index contributed by atoms with van der Waals surface area (Å²) in [6, 6.07) is 2.45. The van der Waals surface area contributed by atoms with Crippen molar-refractivity contribution in [3.63, 3.8) is 0 Å². The molecule has 0 amide bonds. The molecule has 0 radical (unpaired) electrons. The van der Waals surface area contributed by atoms with Crippen LogP contribution in [0.4, 0.5) is 13.2 Å². The highest BCUT2D eigenvalue weighted by atomic mass is 127. The van der Waals surface area contributed by atoms with Crippen molar-refractivity contribution >= 4 is 40.0 Å². The molecule has 3 heterocycles. The van der Waals surface area contributed by atoms with E-state index in [-0.39, 0.29) is 10.7 Å². The Morgan fingerprint density at radius 1 is 1.19 bits per heavy atom. The molecule has 5 nitrogen and oxygen atoms in total. The zero-order valence-electron chi connectivity index (χ0n) is 9.94. The lowest BCUT2D eigenvalue weighted by atomic mass is 10.2. The molecule has 0 aliphatic carbocycles. The topological polar surface area (TPSA) is 56.0 Å². The van der Waals surface area contributed by atoms with E-state index >= 15 is 0 Å². The van der Waals surface area contributed by atoms with E-state index in [1.807, 2.05) is 22.6 Å². The predicted molar refractivity (Wildman–Crippen MR) is 76.7 cm³/mol. The summed E-state index contributed by atoms with van der Waals surface area (Å²) in [7, 11) is 0. The molecule has 10 heteroatoms. The van der Waals surface area contributed by atoms with Crippen molar-refractivity contribution in [2.45, 2.75) is 6.18 Å². The fraction of sp³-hybridized carbons (Fsp3) is 0.0909. The fourth-order valence-electron chi connectivity index (χ4n) is 1.73. The van der Waals surface area contributed by atoms with Gasteiger partial charge in [0.2, 0.25) is 0 Å². The minimum Gasteiger partial charge on any atom is -0.252 e. The fourth-order valence-corrected chi connectivity index (χ4v) is 2.51. The van der Waals surface area contributed by atoms with Gasteiger partial charge in [-0.2, -0.15) is 27.8 Å². The van der Waals surface area contributed by atoms with E-state index in [9.17, 15) is 13.2 Å². The molecule has 0 saturated heterocycles. The number of fused-ring (bicyclic) bond motifs is 1. The zero-order chi connectivity index (χ0) is 15.2. The summed E-state index contributed by atoms with van der Waals surface area (Å²) in [5.74, 6) is 0.315. The number of hydrogen-bond donors (Lipinski definition) is 0. The van der Waals surface area contributed by atoms with E-state index in [0.29, 0.717) is 15.2 Å². The molecule has 0 aliphatic rings. The smallest absolute Gasteiger partial charge is 0.252 e. The lowest BCUT2D eigenvalue weighted by molar-refractivity contribution is -0.137. The van der Waals surface area contributed by atoms with Crippen LogP contribution in [0.15, 0.2) is 24.7 Å². The van der Waals surface area contributed by atoms with Crippen molar-refractivity contribution in [2.24, 2.45) is 0 Å². The van der Waals surface area contributed by atoms with Crippen LogP contribution in [0.25, 0.3) is 17.2 Å². The Kier molecular flexibility index (Phi) is 3.48. The molecule has 0 spiro atoms. The average molecular weight is 426 g/mol. The minimum atomic E-state index is -4.50. The number of aromatic nitrogens is 5. The predicted octanol–water partition coefficient (Wildman–Crippen LogP) is 3.46. The highest BCUT2D eigenvalue weighted by molar-refractivity contribution is 14.1. The summed E-state index contributed by atoms with van der Waals surface area (Å²) in [6.07, 6.45) is -2.47. The molecule has 0 aliphatic heterocycles. The quantitative estimate of drug-likeness (QED) is 0.443. The first-order valence-corrected chi connectivity index (χ1v) is 6.91. The van der Waals surface area contributed by atoms with E-state index in [2.05, 4.69) is 20.1 Å². The first kappa shape index (κ1) is 14.4. The number of rotatable bonds is 1. The van der Waals surface area contributed by atoms with Crippen LogP contribution in [-0.2, 0) is 6.18 Å².